The Labute approximate surface area is 182 Å². The van der Waals surface area contributed by atoms with Gasteiger partial charge in [0.1, 0.15) is 0 Å². The van der Waals surface area contributed by atoms with Crippen molar-refractivity contribution >= 4 is 35.8 Å². The Morgan fingerprint density at radius 1 is 1.04 bits per heavy atom. The van der Waals surface area contributed by atoms with Crippen LogP contribution in [0.15, 0.2) is 47.5 Å². The van der Waals surface area contributed by atoms with Crippen LogP contribution in [0.1, 0.15) is 21.5 Å². The first-order valence-corrected chi connectivity index (χ1v) is 8.63. The van der Waals surface area contributed by atoms with Crippen molar-refractivity contribution in [2.75, 3.05) is 27.3 Å². The molecule has 28 heavy (non-hydrogen) atoms. The van der Waals surface area contributed by atoms with E-state index < -0.39 is 0 Å². The van der Waals surface area contributed by atoms with Crippen LogP contribution in [0.2, 0.25) is 0 Å². The Balaban J connectivity index is 0.00000392. The number of amides is 1. The molecule has 7 nitrogen and oxygen atoms in total. The molecule has 2 aromatic carbocycles. The number of hydrogen-bond donors (Lipinski definition) is 3. The van der Waals surface area contributed by atoms with E-state index in [2.05, 4.69) is 15.6 Å². The number of nitrogens with one attached hydrogen (secondary N) is 2. The average molecular weight is 498 g/mol. The lowest BCUT2D eigenvalue weighted by Gasteiger charge is -2.09. The standard InChI is InChI=1S/C20H26N4O3.HI/c1-14-5-4-6-16(11-14)19(25)22-9-10-23-20(21)24-13-15-7-8-17(26-2)18(12-15)27-3;/h4-8,11-12H,9-10,13H2,1-3H3,(H,22,25)(H3,21,23,24);1H. The van der Waals surface area contributed by atoms with Gasteiger partial charge in [0, 0.05) is 18.7 Å². The number of carbonyl (C=O) groups excluding carboxylic acids is 1. The number of carbonyl (C=O) groups is 1. The Morgan fingerprint density at radius 2 is 1.75 bits per heavy atom. The number of guanidine groups is 1. The van der Waals surface area contributed by atoms with Gasteiger partial charge in [0.25, 0.3) is 5.91 Å². The van der Waals surface area contributed by atoms with E-state index in [1.165, 1.54) is 0 Å². The molecule has 2 aromatic rings. The van der Waals surface area contributed by atoms with Crippen molar-refractivity contribution in [1.29, 1.82) is 0 Å². The summed E-state index contributed by atoms with van der Waals surface area (Å²) in [5.74, 6) is 1.52. The maximum absolute atomic E-state index is 12.0. The van der Waals surface area contributed by atoms with Gasteiger partial charge in [-0.15, -0.1) is 24.0 Å². The lowest BCUT2D eigenvalue weighted by atomic mass is 10.1. The van der Waals surface area contributed by atoms with E-state index in [9.17, 15) is 4.79 Å². The highest BCUT2D eigenvalue weighted by atomic mass is 127. The van der Waals surface area contributed by atoms with Crippen LogP contribution in [0.5, 0.6) is 11.5 Å². The normalized spacial score (nSPS) is 10.6. The number of ether oxygens (including phenoxy) is 2. The number of aliphatic imine (C=N–C) groups is 1. The lowest BCUT2D eigenvalue weighted by Crippen LogP contribution is -2.38. The minimum absolute atomic E-state index is 0. The van der Waals surface area contributed by atoms with Crippen LogP contribution in [0, 0.1) is 6.92 Å². The summed E-state index contributed by atoms with van der Waals surface area (Å²) >= 11 is 0. The lowest BCUT2D eigenvalue weighted by molar-refractivity contribution is 0.0954. The first-order chi connectivity index (χ1) is 13.0. The number of benzene rings is 2. The maximum atomic E-state index is 12.0. The van der Waals surface area contributed by atoms with E-state index in [1.54, 1.807) is 20.3 Å². The van der Waals surface area contributed by atoms with E-state index in [0.29, 0.717) is 42.7 Å². The van der Waals surface area contributed by atoms with E-state index in [1.807, 2.05) is 43.3 Å². The number of nitrogens with zero attached hydrogens (tertiary/aromatic N) is 1. The van der Waals surface area contributed by atoms with Gasteiger partial charge in [-0.2, -0.15) is 0 Å². The van der Waals surface area contributed by atoms with Gasteiger partial charge in [-0.05, 0) is 36.8 Å². The van der Waals surface area contributed by atoms with Crippen molar-refractivity contribution in [3.8, 4) is 11.5 Å². The second kappa shape index (κ2) is 12.1. The number of nitrogens with two attached hydrogens (primary N) is 1. The molecular weight excluding hydrogens is 471 g/mol. The molecule has 152 valence electrons. The van der Waals surface area contributed by atoms with Gasteiger partial charge < -0.3 is 25.8 Å². The number of hydrogen-bond acceptors (Lipinski definition) is 4. The highest BCUT2D eigenvalue weighted by Crippen LogP contribution is 2.27. The molecule has 0 atom stereocenters. The van der Waals surface area contributed by atoms with Crippen molar-refractivity contribution in [3.63, 3.8) is 0 Å². The summed E-state index contributed by atoms with van der Waals surface area (Å²) in [4.78, 5) is 16.3. The summed E-state index contributed by atoms with van der Waals surface area (Å²) in [6.45, 7) is 3.29. The monoisotopic (exact) mass is 498 g/mol. The Kier molecular flexibility index (Phi) is 10.1. The van der Waals surface area contributed by atoms with Crippen molar-refractivity contribution < 1.29 is 14.3 Å². The number of rotatable bonds is 8. The van der Waals surface area contributed by atoms with E-state index in [4.69, 9.17) is 15.2 Å². The van der Waals surface area contributed by atoms with Crippen molar-refractivity contribution in [1.82, 2.24) is 10.6 Å². The van der Waals surface area contributed by atoms with Gasteiger partial charge >= 0.3 is 0 Å². The molecule has 0 saturated carbocycles. The fourth-order valence-corrected chi connectivity index (χ4v) is 2.47. The zero-order valence-electron chi connectivity index (χ0n) is 16.3. The van der Waals surface area contributed by atoms with Crippen LogP contribution in [0.4, 0.5) is 0 Å². The van der Waals surface area contributed by atoms with Crippen LogP contribution < -0.4 is 25.8 Å². The average Bonchev–Trinajstić information content (AvgIpc) is 2.69. The first kappa shape index (κ1) is 23.5. The molecule has 0 spiro atoms. The molecule has 1 amide bonds. The minimum Gasteiger partial charge on any atom is -0.493 e. The molecule has 0 heterocycles. The van der Waals surface area contributed by atoms with Gasteiger partial charge in [-0.25, -0.2) is 4.99 Å². The molecule has 8 heteroatoms. The summed E-state index contributed by atoms with van der Waals surface area (Å²) < 4.78 is 10.5. The second-order valence-electron chi connectivity index (χ2n) is 5.94. The summed E-state index contributed by atoms with van der Waals surface area (Å²) in [6.07, 6.45) is 0. The van der Waals surface area contributed by atoms with E-state index in [-0.39, 0.29) is 29.9 Å². The number of aryl methyl sites for hydroxylation is 1. The second-order valence-corrected chi connectivity index (χ2v) is 5.94. The van der Waals surface area contributed by atoms with Crippen LogP contribution in [0.25, 0.3) is 0 Å². The fraction of sp³-hybridized carbons (Fsp3) is 0.300. The number of halogens is 1. The molecule has 0 unspecified atom stereocenters. The molecule has 0 radical (unpaired) electrons. The highest BCUT2D eigenvalue weighted by Gasteiger charge is 2.05. The molecule has 4 N–H and O–H groups in total. The summed E-state index contributed by atoms with van der Waals surface area (Å²) in [6, 6.07) is 13.0. The molecule has 0 bridgehead atoms. The summed E-state index contributed by atoms with van der Waals surface area (Å²) in [5, 5.41) is 5.82. The van der Waals surface area contributed by atoms with Crippen LogP contribution in [-0.2, 0) is 6.54 Å². The number of methoxy groups -OCH3 is 2. The third-order valence-electron chi connectivity index (χ3n) is 3.88. The van der Waals surface area contributed by atoms with Crippen LogP contribution >= 0.6 is 24.0 Å². The Morgan fingerprint density at radius 3 is 2.43 bits per heavy atom. The van der Waals surface area contributed by atoms with Crippen LogP contribution in [-0.4, -0.2) is 39.2 Å². The Hall–Kier alpha value is -2.49. The zero-order valence-corrected chi connectivity index (χ0v) is 18.7. The molecule has 0 saturated heterocycles. The fourth-order valence-electron chi connectivity index (χ4n) is 2.47. The SMILES string of the molecule is COc1ccc(CN=C(N)NCCNC(=O)c2cccc(C)c2)cc1OC.I. The van der Waals surface area contributed by atoms with Crippen molar-refractivity contribution in [2.24, 2.45) is 10.7 Å². The van der Waals surface area contributed by atoms with E-state index in [0.717, 1.165) is 11.1 Å². The predicted octanol–water partition coefficient (Wildman–Crippen LogP) is 2.46. The van der Waals surface area contributed by atoms with Gasteiger partial charge in [0.15, 0.2) is 17.5 Å². The molecule has 0 aliphatic rings. The highest BCUT2D eigenvalue weighted by molar-refractivity contribution is 14.0. The molecule has 0 aromatic heterocycles. The maximum Gasteiger partial charge on any atom is 0.251 e. The predicted molar refractivity (Wildman–Crippen MR) is 122 cm³/mol. The van der Waals surface area contributed by atoms with Gasteiger partial charge in [-0.3, -0.25) is 4.79 Å². The van der Waals surface area contributed by atoms with Gasteiger partial charge in [0.2, 0.25) is 0 Å². The molecule has 0 aliphatic heterocycles. The van der Waals surface area contributed by atoms with Crippen LogP contribution in [0.3, 0.4) is 0 Å². The molecular formula is C20H27IN4O3. The molecule has 2 rings (SSSR count). The topological polar surface area (TPSA) is 98.0 Å². The molecule has 0 aliphatic carbocycles. The third-order valence-corrected chi connectivity index (χ3v) is 3.88. The molecule has 0 fully saturated rings. The first-order valence-electron chi connectivity index (χ1n) is 8.63. The van der Waals surface area contributed by atoms with Gasteiger partial charge in [0.05, 0.1) is 20.8 Å². The third kappa shape index (κ3) is 7.26. The van der Waals surface area contributed by atoms with E-state index >= 15 is 0 Å². The quantitative estimate of drug-likeness (QED) is 0.225. The van der Waals surface area contributed by atoms with Crippen molar-refractivity contribution in [2.45, 2.75) is 13.5 Å². The summed E-state index contributed by atoms with van der Waals surface area (Å²) in [5.41, 5.74) is 8.51. The van der Waals surface area contributed by atoms with Gasteiger partial charge in [-0.1, -0.05) is 23.8 Å². The Bertz CT molecular complexity index is 812. The van der Waals surface area contributed by atoms with Crippen molar-refractivity contribution in [3.05, 3.63) is 59.2 Å². The largest absolute Gasteiger partial charge is 0.493 e. The summed E-state index contributed by atoms with van der Waals surface area (Å²) in [7, 11) is 3.18. The zero-order chi connectivity index (χ0) is 19.6. The smallest absolute Gasteiger partial charge is 0.251 e. The minimum atomic E-state index is -0.110.